The average Bonchev–Trinajstić information content (AvgIpc) is 2.85. The van der Waals surface area contributed by atoms with Crippen LogP contribution in [0.1, 0.15) is 11.1 Å². The molecule has 0 saturated carbocycles. The van der Waals surface area contributed by atoms with Crippen LogP contribution in [-0.2, 0) is 6.42 Å². The third-order valence-electron chi connectivity index (χ3n) is 4.30. The third kappa shape index (κ3) is 1.13. The first-order valence-corrected chi connectivity index (χ1v) is 6.94. The van der Waals surface area contributed by atoms with Crippen LogP contribution < -0.4 is 0 Å². The maximum Gasteiger partial charge on any atom is 0.0620 e. The van der Waals surface area contributed by atoms with Gasteiger partial charge in [0.2, 0.25) is 0 Å². The molecule has 1 heteroatoms. The number of para-hydroxylation sites is 3. The van der Waals surface area contributed by atoms with Gasteiger partial charge in [-0.05, 0) is 17.2 Å². The molecule has 0 N–H and O–H groups in total. The fourth-order valence-corrected chi connectivity index (χ4v) is 3.48. The van der Waals surface area contributed by atoms with Crippen LogP contribution in [0.4, 0.5) is 0 Å². The van der Waals surface area contributed by atoms with Gasteiger partial charge in [-0.25, -0.2) is 0 Å². The molecule has 1 radical (unpaired) electrons. The quantitative estimate of drug-likeness (QED) is 0.384. The standard InChI is InChI=1S/C19H12N/c1-3-10-17-13(6-1)12-14-7-5-9-16-15-8-2-4-11-18(15)20(17)19(14)16/h1-10H,12H2. The summed E-state index contributed by atoms with van der Waals surface area (Å²) in [5.41, 5.74) is 6.63. The van der Waals surface area contributed by atoms with Gasteiger partial charge in [-0.15, -0.1) is 0 Å². The summed E-state index contributed by atoms with van der Waals surface area (Å²) in [5, 5.41) is 2.63. The Morgan fingerprint density at radius 2 is 1.65 bits per heavy atom. The number of fused-ring (bicyclic) bond motifs is 5. The van der Waals surface area contributed by atoms with Crippen LogP contribution in [-0.4, -0.2) is 4.57 Å². The Morgan fingerprint density at radius 1 is 0.800 bits per heavy atom. The molecule has 20 heavy (non-hydrogen) atoms. The summed E-state index contributed by atoms with van der Waals surface area (Å²) >= 11 is 0. The van der Waals surface area contributed by atoms with Crippen LogP contribution in [0.25, 0.3) is 27.5 Å². The highest BCUT2D eigenvalue weighted by molar-refractivity contribution is 6.10. The SMILES string of the molecule is [c]1cccc2c3cccc4c3n(c12)-c1ccccc1C4. The van der Waals surface area contributed by atoms with E-state index < -0.39 is 0 Å². The van der Waals surface area contributed by atoms with Gasteiger partial charge in [-0.3, -0.25) is 0 Å². The van der Waals surface area contributed by atoms with Crippen molar-refractivity contribution in [1.82, 2.24) is 4.57 Å². The van der Waals surface area contributed by atoms with E-state index in [2.05, 4.69) is 65.2 Å². The van der Waals surface area contributed by atoms with E-state index in [1.165, 1.54) is 38.6 Å². The molecule has 0 spiro atoms. The van der Waals surface area contributed by atoms with Crippen LogP contribution >= 0.6 is 0 Å². The molecule has 1 aliphatic rings. The second kappa shape index (κ2) is 3.51. The number of nitrogens with zero attached hydrogens (tertiary/aromatic N) is 1. The topological polar surface area (TPSA) is 4.93 Å². The van der Waals surface area contributed by atoms with Gasteiger partial charge in [0.1, 0.15) is 0 Å². The van der Waals surface area contributed by atoms with Gasteiger partial charge in [0, 0.05) is 28.9 Å². The Kier molecular flexibility index (Phi) is 1.80. The van der Waals surface area contributed by atoms with Crippen molar-refractivity contribution in [2.24, 2.45) is 0 Å². The van der Waals surface area contributed by atoms with Crippen LogP contribution in [0.2, 0.25) is 0 Å². The van der Waals surface area contributed by atoms with E-state index in [1.54, 1.807) is 0 Å². The summed E-state index contributed by atoms with van der Waals surface area (Å²) < 4.78 is 2.37. The average molecular weight is 254 g/mol. The molecule has 0 bridgehead atoms. The number of hydrogen-bond donors (Lipinski definition) is 0. The molecular weight excluding hydrogens is 242 g/mol. The highest BCUT2D eigenvalue weighted by Gasteiger charge is 2.21. The molecule has 0 saturated heterocycles. The third-order valence-corrected chi connectivity index (χ3v) is 4.30. The second-order valence-electron chi connectivity index (χ2n) is 5.39. The fraction of sp³-hybridized carbons (Fsp3) is 0.0526. The Bertz CT molecular complexity index is 976. The zero-order chi connectivity index (χ0) is 13.1. The summed E-state index contributed by atoms with van der Waals surface area (Å²) in [6.07, 6.45) is 1.02. The molecular formula is C19H12N. The maximum absolute atomic E-state index is 3.42. The van der Waals surface area contributed by atoms with Crippen molar-refractivity contribution in [3.05, 3.63) is 77.9 Å². The van der Waals surface area contributed by atoms with Crippen LogP contribution in [0.3, 0.4) is 0 Å². The highest BCUT2D eigenvalue weighted by Crippen LogP contribution is 2.38. The van der Waals surface area contributed by atoms with Crippen LogP contribution in [0, 0.1) is 6.07 Å². The zero-order valence-electron chi connectivity index (χ0n) is 10.9. The molecule has 1 aliphatic heterocycles. The summed E-state index contributed by atoms with van der Waals surface area (Å²) in [7, 11) is 0. The van der Waals surface area contributed by atoms with Gasteiger partial charge in [-0.1, -0.05) is 54.6 Å². The maximum atomic E-state index is 3.42. The number of hydrogen-bond acceptors (Lipinski definition) is 0. The molecule has 1 nitrogen and oxygen atoms in total. The van der Waals surface area contributed by atoms with E-state index in [1.807, 2.05) is 6.07 Å². The molecule has 0 aliphatic carbocycles. The predicted molar refractivity (Wildman–Crippen MR) is 82.4 cm³/mol. The van der Waals surface area contributed by atoms with E-state index in [4.69, 9.17) is 0 Å². The lowest BCUT2D eigenvalue weighted by Crippen LogP contribution is -2.07. The molecule has 3 aromatic carbocycles. The molecule has 4 aromatic rings. The normalized spacial score (nSPS) is 12.8. The van der Waals surface area contributed by atoms with E-state index >= 15 is 0 Å². The van der Waals surface area contributed by atoms with Crippen molar-refractivity contribution in [2.45, 2.75) is 6.42 Å². The van der Waals surface area contributed by atoms with Gasteiger partial charge in [0.15, 0.2) is 0 Å². The molecule has 5 rings (SSSR count). The number of aromatic nitrogens is 1. The Hall–Kier alpha value is -2.54. The minimum absolute atomic E-state index is 1.02. The first-order valence-electron chi connectivity index (χ1n) is 6.94. The molecule has 0 unspecified atom stereocenters. The lowest BCUT2D eigenvalue weighted by molar-refractivity contribution is 1.04. The largest absolute Gasteiger partial charge is 0.308 e. The van der Waals surface area contributed by atoms with Gasteiger partial charge in [0.25, 0.3) is 0 Å². The van der Waals surface area contributed by atoms with E-state index in [0.29, 0.717) is 0 Å². The molecule has 2 heterocycles. The van der Waals surface area contributed by atoms with Crippen molar-refractivity contribution in [1.29, 1.82) is 0 Å². The summed E-state index contributed by atoms with van der Waals surface area (Å²) in [5.74, 6) is 0. The van der Waals surface area contributed by atoms with Crippen molar-refractivity contribution in [3.63, 3.8) is 0 Å². The Labute approximate surface area is 117 Å². The Balaban J connectivity index is 2.12. The summed E-state index contributed by atoms with van der Waals surface area (Å²) in [4.78, 5) is 0. The molecule has 0 atom stereocenters. The predicted octanol–water partition coefficient (Wildman–Crippen LogP) is 4.49. The van der Waals surface area contributed by atoms with Gasteiger partial charge in [0.05, 0.1) is 11.0 Å². The number of rotatable bonds is 0. The fourth-order valence-electron chi connectivity index (χ4n) is 3.48. The van der Waals surface area contributed by atoms with Gasteiger partial charge < -0.3 is 4.57 Å². The van der Waals surface area contributed by atoms with Crippen molar-refractivity contribution in [2.75, 3.05) is 0 Å². The van der Waals surface area contributed by atoms with Crippen molar-refractivity contribution < 1.29 is 0 Å². The Morgan fingerprint density at radius 3 is 2.65 bits per heavy atom. The van der Waals surface area contributed by atoms with Gasteiger partial charge >= 0.3 is 0 Å². The minimum atomic E-state index is 1.02. The van der Waals surface area contributed by atoms with Crippen molar-refractivity contribution >= 4 is 21.8 Å². The molecule has 0 fully saturated rings. The summed E-state index contributed by atoms with van der Waals surface area (Å²) in [6.45, 7) is 0. The van der Waals surface area contributed by atoms with Crippen LogP contribution in [0.5, 0.6) is 0 Å². The lowest BCUT2D eigenvalue weighted by atomic mass is 9.98. The van der Waals surface area contributed by atoms with E-state index in [9.17, 15) is 0 Å². The first kappa shape index (κ1) is 10.3. The molecule has 0 amide bonds. The highest BCUT2D eigenvalue weighted by atomic mass is 15.0. The molecule has 1 aromatic heterocycles. The number of benzene rings is 3. The monoisotopic (exact) mass is 254 g/mol. The van der Waals surface area contributed by atoms with Gasteiger partial charge in [-0.2, -0.15) is 0 Å². The van der Waals surface area contributed by atoms with Crippen molar-refractivity contribution in [3.8, 4) is 5.69 Å². The first-order chi connectivity index (χ1) is 9.93. The van der Waals surface area contributed by atoms with Crippen LogP contribution in [0.15, 0.2) is 60.7 Å². The summed E-state index contributed by atoms with van der Waals surface area (Å²) in [6, 6.07) is 25.0. The van der Waals surface area contributed by atoms with E-state index in [-0.39, 0.29) is 0 Å². The minimum Gasteiger partial charge on any atom is -0.308 e. The second-order valence-corrected chi connectivity index (χ2v) is 5.39. The van der Waals surface area contributed by atoms with E-state index in [0.717, 1.165) is 6.42 Å². The molecule has 93 valence electrons. The lowest BCUT2D eigenvalue weighted by Gasteiger charge is -2.20. The zero-order valence-corrected chi connectivity index (χ0v) is 10.9. The smallest absolute Gasteiger partial charge is 0.0620 e.